The van der Waals surface area contributed by atoms with E-state index in [-0.39, 0.29) is 55.2 Å². The van der Waals surface area contributed by atoms with E-state index in [0.717, 1.165) is 19.4 Å². The van der Waals surface area contributed by atoms with E-state index in [1.165, 1.54) is 0 Å². The van der Waals surface area contributed by atoms with E-state index in [4.69, 9.17) is 14.2 Å². The molecule has 5 saturated carbocycles. The fraction of sp³-hybridized carbons (Fsp3) is 0.957. The molecule has 7 bridgehead atoms. The summed E-state index contributed by atoms with van der Waals surface area (Å²) in [6.45, 7) is 5.64. The maximum atomic E-state index is 14.4. The average Bonchev–Trinajstić information content (AvgIpc) is 3.19. The second-order valence-corrected chi connectivity index (χ2v) is 11.2. The molecule has 3 spiro atoms. The molecule has 7 rings (SSSR count). The maximum Gasteiger partial charge on any atom is 0.148 e. The minimum Gasteiger partial charge on any atom is -0.393 e. The fourth-order valence-electron chi connectivity index (χ4n) is 9.37. The van der Waals surface area contributed by atoms with Gasteiger partial charge in [-0.3, -0.25) is 9.69 Å². The second kappa shape index (κ2) is 6.29. The van der Waals surface area contributed by atoms with E-state index in [1.54, 1.807) is 7.11 Å². The molecule has 31 heavy (non-hydrogen) atoms. The van der Waals surface area contributed by atoms with Crippen LogP contribution < -0.4 is 0 Å². The van der Waals surface area contributed by atoms with Gasteiger partial charge in [0.1, 0.15) is 23.8 Å². The molecule has 0 unspecified atom stereocenters. The van der Waals surface area contributed by atoms with Gasteiger partial charge in [-0.25, -0.2) is 0 Å². The lowest BCUT2D eigenvalue weighted by molar-refractivity contribution is -0.218. The van der Waals surface area contributed by atoms with Crippen LogP contribution in [0.3, 0.4) is 0 Å². The third-order valence-corrected chi connectivity index (χ3v) is 10.3. The topological polar surface area (TPSA) is 109 Å². The Labute approximate surface area is 182 Å². The summed E-state index contributed by atoms with van der Waals surface area (Å²) >= 11 is 0. The van der Waals surface area contributed by atoms with Crippen LogP contribution in [0, 0.1) is 22.7 Å². The molecular weight excluding hydrogens is 402 g/mol. The first-order valence-corrected chi connectivity index (χ1v) is 11.8. The standard InChI is InChI=1S/C23H35NO7/c1-4-24-10-20(2)6-5-16(29-3)22-15(27)8-12-7-14(26)21(9-13(12)25)23(19(22)24,31-11-30-21)18(28)17(20)22/h12-14,16-19,25-26,28H,4-11H2,1-3H3/t12-,13+,14-,16+,17-,18+,19+,20+,21-,22+,23+/m1/s1. The summed E-state index contributed by atoms with van der Waals surface area (Å²) in [6, 6.07) is -0.475. The highest BCUT2D eigenvalue weighted by molar-refractivity contribution is 5.89. The smallest absolute Gasteiger partial charge is 0.148 e. The lowest BCUT2D eigenvalue weighted by atomic mass is 9.49. The molecule has 2 aliphatic heterocycles. The normalized spacial score (nSPS) is 60.5. The van der Waals surface area contributed by atoms with Gasteiger partial charge >= 0.3 is 0 Å². The highest BCUT2D eigenvalue weighted by Crippen LogP contribution is 2.73. The van der Waals surface area contributed by atoms with Crippen LogP contribution in [0.15, 0.2) is 0 Å². The molecule has 0 amide bonds. The average molecular weight is 438 g/mol. The van der Waals surface area contributed by atoms with Crippen LogP contribution in [0.2, 0.25) is 0 Å². The van der Waals surface area contributed by atoms with Crippen LogP contribution in [0.25, 0.3) is 0 Å². The van der Waals surface area contributed by atoms with Crippen LogP contribution in [0.5, 0.6) is 0 Å². The highest BCUT2D eigenvalue weighted by Gasteiger charge is 2.88. The number of aliphatic hydroxyl groups is 3. The molecule has 8 heteroatoms. The zero-order valence-corrected chi connectivity index (χ0v) is 18.6. The summed E-state index contributed by atoms with van der Waals surface area (Å²) in [5.74, 6) is -0.637. The summed E-state index contributed by atoms with van der Waals surface area (Å²) in [5.41, 5.74) is -3.78. The highest BCUT2D eigenvalue weighted by atomic mass is 16.7. The third-order valence-electron chi connectivity index (χ3n) is 10.3. The minimum atomic E-state index is -1.29. The number of carbonyl (C=O) groups is 1. The van der Waals surface area contributed by atoms with Gasteiger partial charge in [-0.1, -0.05) is 13.8 Å². The maximum absolute atomic E-state index is 14.4. The number of rotatable bonds is 2. The van der Waals surface area contributed by atoms with Crippen molar-refractivity contribution in [2.75, 3.05) is 27.0 Å². The van der Waals surface area contributed by atoms with Crippen molar-refractivity contribution in [1.82, 2.24) is 4.90 Å². The van der Waals surface area contributed by atoms with E-state index in [1.807, 2.05) is 0 Å². The van der Waals surface area contributed by atoms with E-state index in [2.05, 4.69) is 18.7 Å². The predicted molar refractivity (Wildman–Crippen MR) is 108 cm³/mol. The van der Waals surface area contributed by atoms with Gasteiger partial charge in [-0.2, -0.15) is 0 Å². The zero-order valence-electron chi connectivity index (χ0n) is 18.6. The molecular formula is C23H35NO7. The Kier molecular flexibility index (Phi) is 4.25. The number of hydrogen-bond donors (Lipinski definition) is 3. The molecule has 7 fully saturated rings. The Balaban J connectivity index is 1.71. The van der Waals surface area contributed by atoms with Crippen molar-refractivity contribution in [2.24, 2.45) is 22.7 Å². The van der Waals surface area contributed by atoms with E-state index >= 15 is 0 Å². The largest absolute Gasteiger partial charge is 0.393 e. The monoisotopic (exact) mass is 437 g/mol. The Hall–Kier alpha value is -0.610. The van der Waals surface area contributed by atoms with E-state index in [9.17, 15) is 20.1 Å². The zero-order chi connectivity index (χ0) is 22.0. The number of ketones is 1. The molecule has 11 atom stereocenters. The second-order valence-electron chi connectivity index (χ2n) is 11.2. The van der Waals surface area contributed by atoms with Crippen molar-refractivity contribution < 1.29 is 34.3 Å². The molecule has 2 heterocycles. The van der Waals surface area contributed by atoms with Gasteiger partial charge in [0, 0.05) is 32.4 Å². The van der Waals surface area contributed by atoms with Gasteiger partial charge in [0.15, 0.2) is 0 Å². The van der Waals surface area contributed by atoms with Crippen molar-refractivity contribution in [1.29, 1.82) is 0 Å². The Morgan fingerprint density at radius 3 is 2.74 bits per heavy atom. The number of likely N-dealkylation sites (tertiary alicyclic amines) is 1. The van der Waals surface area contributed by atoms with Gasteiger partial charge < -0.3 is 29.5 Å². The molecule has 7 aliphatic rings. The number of Topliss-reactive ketones (excluding diaryl/α,β-unsaturated/α-hetero) is 1. The molecule has 0 radical (unpaired) electrons. The van der Waals surface area contributed by atoms with Crippen LogP contribution in [-0.4, -0.2) is 94.7 Å². The van der Waals surface area contributed by atoms with Crippen LogP contribution in [0.4, 0.5) is 0 Å². The molecule has 3 N–H and O–H groups in total. The number of hydrogen-bond acceptors (Lipinski definition) is 8. The first-order valence-electron chi connectivity index (χ1n) is 11.8. The van der Waals surface area contributed by atoms with Crippen LogP contribution >= 0.6 is 0 Å². The Morgan fingerprint density at radius 2 is 2.03 bits per heavy atom. The summed E-state index contributed by atoms with van der Waals surface area (Å²) < 4.78 is 18.7. The number of nitrogens with zero attached hydrogens (tertiary/aromatic N) is 1. The molecule has 174 valence electrons. The lowest BCUT2D eigenvalue weighted by Gasteiger charge is -2.62. The van der Waals surface area contributed by atoms with Gasteiger partial charge in [0.2, 0.25) is 0 Å². The number of methoxy groups -OCH3 is 1. The van der Waals surface area contributed by atoms with Gasteiger partial charge in [0.25, 0.3) is 0 Å². The van der Waals surface area contributed by atoms with Gasteiger partial charge in [-0.05, 0) is 37.1 Å². The summed E-state index contributed by atoms with van der Waals surface area (Å²) in [5, 5.41) is 34.7. The molecule has 8 nitrogen and oxygen atoms in total. The third kappa shape index (κ3) is 2.02. The van der Waals surface area contributed by atoms with Crippen LogP contribution in [-0.2, 0) is 19.0 Å². The predicted octanol–water partition coefficient (Wildman–Crippen LogP) is 0.0692. The number of ether oxygens (including phenoxy) is 3. The number of fused-ring (bicyclic) bond motifs is 3. The van der Waals surface area contributed by atoms with Crippen molar-refractivity contribution in [3.05, 3.63) is 0 Å². The van der Waals surface area contributed by atoms with Gasteiger partial charge in [0.05, 0.1) is 35.9 Å². The van der Waals surface area contributed by atoms with Crippen LogP contribution in [0.1, 0.15) is 46.0 Å². The molecule has 0 aromatic heterocycles. The van der Waals surface area contributed by atoms with E-state index in [0.29, 0.717) is 6.54 Å². The number of piperidine rings is 1. The lowest BCUT2D eigenvalue weighted by Crippen LogP contribution is -2.75. The SMILES string of the molecule is CCN1C[C@]2(C)CC[C@H](OC)[C@@]34C(=O)C[C@H]5C[C@@H](O)[C@@]6(C[C@@H]5O)OCO[C@@]6([C@@H](O)[C@H]23)[C@@H]14. The fourth-order valence-corrected chi connectivity index (χ4v) is 9.37. The first kappa shape index (κ1) is 21.0. The Morgan fingerprint density at radius 1 is 1.26 bits per heavy atom. The Bertz CT molecular complexity index is 809. The summed E-state index contributed by atoms with van der Waals surface area (Å²) in [6.07, 6.45) is -0.864. The van der Waals surface area contributed by atoms with E-state index < -0.39 is 41.0 Å². The molecule has 0 aromatic carbocycles. The van der Waals surface area contributed by atoms with Crippen molar-refractivity contribution in [3.63, 3.8) is 0 Å². The number of aliphatic hydroxyl groups excluding tert-OH is 3. The summed E-state index contributed by atoms with van der Waals surface area (Å²) in [7, 11) is 1.66. The van der Waals surface area contributed by atoms with Crippen molar-refractivity contribution in [2.45, 2.75) is 87.6 Å². The minimum absolute atomic E-state index is 0.0406. The molecule has 0 aromatic rings. The number of likely N-dealkylation sites (N-methyl/N-ethyl adjacent to an activating group) is 1. The quantitative estimate of drug-likeness (QED) is 0.557. The molecule has 2 saturated heterocycles. The first-order chi connectivity index (χ1) is 14.7. The number of carbonyl (C=O) groups excluding carboxylic acids is 1. The summed E-state index contributed by atoms with van der Waals surface area (Å²) in [4.78, 5) is 16.6. The molecule has 5 aliphatic carbocycles. The van der Waals surface area contributed by atoms with Crippen molar-refractivity contribution in [3.8, 4) is 0 Å². The van der Waals surface area contributed by atoms with Gasteiger partial charge in [-0.15, -0.1) is 0 Å². The van der Waals surface area contributed by atoms with Crippen molar-refractivity contribution >= 4 is 5.78 Å².